The molecule has 11 rings (SSSR count). The van der Waals surface area contributed by atoms with Crippen LogP contribution in [-0.4, -0.2) is 0 Å². The van der Waals surface area contributed by atoms with Crippen molar-refractivity contribution in [1.29, 1.82) is 0 Å². The summed E-state index contributed by atoms with van der Waals surface area (Å²) in [6.45, 7) is 0. The highest BCUT2D eigenvalue weighted by Crippen LogP contribution is 2.46. The van der Waals surface area contributed by atoms with Crippen LogP contribution in [0, 0.1) is 0 Å². The number of nitrogens with zero attached hydrogens (tertiary/aromatic N) is 1. The van der Waals surface area contributed by atoms with Crippen LogP contribution in [0.4, 0.5) is 17.1 Å². The summed E-state index contributed by atoms with van der Waals surface area (Å²) in [5.41, 5.74) is 9.89. The van der Waals surface area contributed by atoms with Crippen molar-refractivity contribution in [2.75, 3.05) is 4.90 Å². The lowest BCUT2D eigenvalue weighted by atomic mass is 10.0. The summed E-state index contributed by atoms with van der Waals surface area (Å²) in [5.74, 6) is 0. The highest BCUT2D eigenvalue weighted by Gasteiger charge is 2.19. The van der Waals surface area contributed by atoms with Gasteiger partial charge >= 0.3 is 0 Å². The third-order valence-corrected chi connectivity index (χ3v) is 12.5. The highest BCUT2D eigenvalue weighted by atomic mass is 32.1. The molecule has 0 fully saturated rings. The molecular weight excluding hydrogens is 671 g/mol. The standard InChI is InChI=1S/C48H29NOS2/c1-4-15-42-36(11-1)37-25-21-32(28-43(37)50-42)31-9-7-10-35(27-31)49(41-14-8-18-46-48(41)40-13-3-6-17-45(40)51-46)34-23-19-30(20-24-34)33-22-26-39-38-12-2-5-16-44(38)52-47(39)29-33/h1-29H. The van der Waals surface area contributed by atoms with Gasteiger partial charge in [-0.25, -0.2) is 0 Å². The Kier molecular flexibility index (Phi) is 6.63. The van der Waals surface area contributed by atoms with Crippen molar-refractivity contribution >= 4 is 102 Å². The third-order valence-electron chi connectivity index (χ3n) is 10.3. The zero-order chi connectivity index (χ0) is 34.2. The number of thiophene rings is 2. The number of fused-ring (bicyclic) bond motifs is 9. The lowest BCUT2D eigenvalue weighted by molar-refractivity contribution is 0.669. The third kappa shape index (κ3) is 4.69. The fraction of sp³-hybridized carbons (Fsp3) is 0. The molecule has 52 heavy (non-hydrogen) atoms. The highest BCUT2D eigenvalue weighted by molar-refractivity contribution is 7.26. The van der Waals surface area contributed by atoms with E-state index in [1.807, 2.05) is 34.8 Å². The molecule has 0 bridgehead atoms. The van der Waals surface area contributed by atoms with Gasteiger partial charge in [0, 0.05) is 62.5 Å². The van der Waals surface area contributed by atoms with Crippen LogP contribution >= 0.6 is 22.7 Å². The summed E-state index contributed by atoms with van der Waals surface area (Å²) in [6, 6.07) is 63.8. The monoisotopic (exact) mass is 699 g/mol. The summed E-state index contributed by atoms with van der Waals surface area (Å²) in [5, 5.41) is 7.49. The van der Waals surface area contributed by atoms with Crippen LogP contribution in [0.15, 0.2) is 180 Å². The van der Waals surface area contributed by atoms with E-state index in [0.29, 0.717) is 0 Å². The van der Waals surface area contributed by atoms with Crippen LogP contribution in [0.1, 0.15) is 0 Å². The van der Waals surface area contributed by atoms with Crippen molar-refractivity contribution in [3.05, 3.63) is 176 Å². The van der Waals surface area contributed by atoms with Crippen LogP contribution in [-0.2, 0) is 0 Å². The fourth-order valence-electron chi connectivity index (χ4n) is 7.81. The van der Waals surface area contributed by atoms with Gasteiger partial charge in [0.05, 0.1) is 5.69 Å². The number of hydrogen-bond donors (Lipinski definition) is 0. The van der Waals surface area contributed by atoms with Crippen LogP contribution in [0.3, 0.4) is 0 Å². The molecule has 4 heteroatoms. The van der Waals surface area contributed by atoms with Gasteiger partial charge in [-0.2, -0.15) is 0 Å². The average Bonchev–Trinajstić information content (AvgIpc) is 3.89. The molecule has 0 saturated carbocycles. The molecule has 0 aliphatic heterocycles. The molecule has 0 spiro atoms. The summed E-state index contributed by atoms with van der Waals surface area (Å²) in [7, 11) is 0. The minimum absolute atomic E-state index is 0.903. The largest absolute Gasteiger partial charge is 0.456 e. The molecule has 0 N–H and O–H groups in total. The first-order valence-electron chi connectivity index (χ1n) is 17.5. The number of para-hydroxylation sites is 1. The molecular formula is C48H29NOS2. The number of anilines is 3. The molecule has 2 nitrogen and oxygen atoms in total. The number of furan rings is 1. The van der Waals surface area contributed by atoms with Crippen LogP contribution in [0.5, 0.6) is 0 Å². The quantitative estimate of drug-likeness (QED) is 0.178. The second-order valence-corrected chi connectivity index (χ2v) is 15.5. The summed E-state index contributed by atoms with van der Waals surface area (Å²) < 4.78 is 11.5. The number of rotatable bonds is 5. The smallest absolute Gasteiger partial charge is 0.136 e. The summed E-state index contributed by atoms with van der Waals surface area (Å²) in [4.78, 5) is 2.42. The average molecular weight is 700 g/mol. The Hall–Kier alpha value is -6.20. The maximum Gasteiger partial charge on any atom is 0.136 e. The van der Waals surface area contributed by atoms with Crippen LogP contribution < -0.4 is 4.90 Å². The molecule has 0 atom stereocenters. The number of hydrogen-bond acceptors (Lipinski definition) is 4. The van der Waals surface area contributed by atoms with Gasteiger partial charge in [0.1, 0.15) is 11.2 Å². The topological polar surface area (TPSA) is 16.4 Å². The Morgan fingerprint density at radius 3 is 1.81 bits per heavy atom. The molecule has 8 aromatic carbocycles. The molecule has 0 saturated heterocycles. The Morgan fingerprint density at radius 2 is 0.942 bits per heavy atom. The van der Waals surface area contributed by atoms with Crippen LogP contribution in [0.2, 0.25) is 0 Å². The minimum Gasteiger partial charge on any atom is -0.456 e. The van der Waals surface area contributed by atoms with Gasteiger partial charge in [-0.05, 0) is 95.1 Å². The molecule has 3 aromatic heterocycles. The van der Waals surface area contributed by atoms with E-state index in [0.717, 1.165) is 44.4 Å². The van der Waals surface area contributed by atoms with Crippen molar-refractivity contribution in [1.82, 2.24) is 0 Å². The van der Waals surface area contributed by atoms with Gasteiger partial charge in [-0.15, -0.1) is 22.7 Å². The van der Waals surface area contributed by atoms with E-state index >= 15 is 0 Å². The first-order chi connectivity index (χ1) is 25.7. The van der Waals surface area contributed by atoms with E-state index in [1.54, 1.807) is 0 Å². The second-order valence-electron chi connectivity index (χ2n) is 13.3. The molecule has 0 aliphatic rings. The zero-order valence-electron chi connectivity index (χ0n) is 27.9. The van der Waals surface area contributed by atoms with Crippen molar-refractivity contribution in [2.24, 2.45) is 0 Å². The normalized spacial score (nSPS) is 11.8. The first-order valence-corrected chi connectivity index (χ1v) is 19.1. The molecule has 11 aromatic rings. The summed E-state index contributed by atoms with van der Waals surface area (Å²) >= 11 is 3.72. The van der Waals surface area contributed by atoms with Gasteiger partial charge < -0.3 is 9.32 Å². The van der Waals surface area contributed by atoms with Gasteiger partial charge in [0.15, 0.2) is 0 Å². The minimum atomic E-state index is 0.903. The first kappa shape index (κ1) is 29.5. The molecule has 0 aliphatic carbocycles. The Morgan fingerprint density at radius 1 is 0.346 bits per heavy atom. The van der Waals surface area contributed by atoms with E-state index < -0.39 is 0 Å². The molecule has 0 amide bonds. The van der Waals surface area contributed by atoms with Crippen molar-refractivity contribution in [3.63, 3.8) is 0 Å². The van der Waals surface area contributed by atoms with E-state index in [4.69, 9.17) is 4.42 Å². The predicted octanol–water partition coefficient (Wildman–Crippen LogP) is 15.1. The van der Waals surface area contributed by atoms with E-state index in [1.165, 1.54) is 57.2 Å². The second kappa shape index (κ2) is 11.7. The van der Waals surface area contributed by atoms with Crippen molar-refractivity contribution in [3.8, 4) is 22.3 Å². The van der Waals surface area contributed by atoms with Crippen molar-refractivity contribution < 1.29 is 4.42 Å². The van der Waals surface area contributed by atoms with Gasteiger partial charge in [-0.3, -0.25) is 0 Å². The molecule has 244 valence electrons. The Balaban J connectivity index is 1.06. The fourth-order valence-corrected chi connectivity index (χ4v) is 10.1. The Labute approximate surface area is 308 Å². The SMILES string of the molecule is c1cc(-c2ccc3c(c2)oc2ccccc23)cc(N(c2ccc(-c3ccc4c(c3)sc3ccccc34)cc2)c2cccc3sc4ccccc4c23)c1. The molecule has 3 heterocycles. The number of benzene rings is 8. The van der Waals surface area contributed by atoms with Gasteiger partial charge in [-0.1, -0.05) is 103 Å². The Bertz CT molecular complexity index is 3150. The maximum absolute atomic E-state index is 6.29. The summed E-state index contributed by atoms with van der Waals surface area (Å²) in [6.07, 6.45) is 0. The van der Waals surface area contributed by atoms with Gasteiger partial charge in [0.25, 0.3) is 0 Å². The lowest BCUT2D eigenvalue weighted by Crippen LogP contribution is -2.10. The molecule has 0 unspecified atom stereocenters. The maximum atomic E-state index is 6.29. The van der Waals surface area contributed by atoms with Gasteiger partial charge in [0.2, 0.25) is 0 Å². The lowest BCUT2D eigenvalue weighted by Gasteiger charge is -2.27. The molecule has 0 radical (unpaired) electrons. The van der Waals surface area contributed by atoms with E-state index in [-0.39, 0.29) is 0 Å². The van der Waals surface area contributed by atoms with E-state index in [9.17, 15) is 0 Å². The van der Waals surface area contributed by atoms with Crippen molar-refractivity contribution in [2.45, 2.75) is 0 Å². The van der Waals surface area contributed by atoms with E-state index in [2.05, 4.69) is 169 Å². The zero-order valence-corrected chi connectivity index (χ0v) is 29.5. The van der Waals surface area contributed by atoms with Crippen LogP contribution in [0.25, 0.3) is 84.5 Å². The predicted molar refractivity (Wildman–Crippen MR) is 225 cm³/mol.